The molecule has 2 aromatic carbocycles. The molecule has 2 aliphatic heterocycles. The van der Waals surface area contributed by atoms with Crippen LogP contribution in [0.25, 0.3) is 5.69 Å². The Morgan fingerprint density at radius 1 is 1.10 bits per heavy atom. The van der Waals surface area contributed by atoms with Crippen LogP contribution in [0.4, 0.5) is 5.82 Å². The van der Waals surface area contributed by atoms with Crippen LogP contribution in [0, 0.1) is 6.92 Å². The Labute approximate surface area is 182 Å². The lowest BCUT2D eigenvalue weighted by atomic mass is 10.2. The van der Waals surface area contributed by atoms with Crippen molar-refractivity contribution >= 4 is 29.4 Å². The van der Waals surface area contributed by atoms with E-state index in [-0.39, 0.29) is 13.3 Å². The summed E-state index contributed by atoms with van der Waals surface area (Å²) in [6.07, 6.45) is 0. The van der Waals surface area contributed by atoms with Crippen LogP contribution in [0.2, 0.25) is 0 Å². The van der Waals surface area contributed by atoms with E-state index in [0.717, 1.165) is 39.6 Å². The fourth-order valence-corrected chi connectivity index (χ4v) is 4.60. The third-order valence-corrected chi connectivity index (χ3v) is 6.10. The molecule has 0 fully saturated rings. The van der Waals surface area contributed by atoms with Crippen molar-refractivity contribution in [2.75, 3.05) is 12.1 Å². The Balaban J connectivity index is 1.31. The molecule has 31 heavy (non-hydrogen) atoms. The van der Waals surface area contributed by atoms with Gasteiger partial charge in [0.1, 0.15) is 5.82 Å². The molecule has 1 aromatic heterocycles. The second-order valence-electron chi connectivity index (χ2n) is 7.34. The zero-order valence-corrected chi connectivity index (χ0v) is 17.6. The number of carbonyl (C=O) groups excluding carboxylic acids is 2. The van der Waals surface area contributed by atoms with E-state index in [1.807, 2.05) is 37.3 Å². The van der Waals surface area contributed by atoms with Gasteiger partial charge in [-0.3, -0.25) is 9.59 Å². The molecular weight excluding hydrogens is 416 g/mol. The van der Waals surface area contributed by atoms with Gasteiger partial charge in [-0.1, -0.05) is 18.2 Å². The highest BCUT2D eigenvalue weighted by Gasteiger charge is 2.26. The molecule has 158 valence electrons. The van der Waals surface area contributed by atoms with Crippen LogP contribution in [-0.4, -0.2) is 28.4 Å². The second-order valence-corrected chi connectivity index (χ2v) is 8.33. The largest absolute Gasteiger partial charge is 0.454 e. The number of carbonyl (C=O) groups is 2. The number of nitrogens with one attached hydrogen (secondary N) is 2. The highest BCUT2D eigenvalue weighted by molar-refractivity contribution is 7.98. The van der Waals surface area contributed by atoms with E-state index in [0.29, 0.717) is 17.3 Å². The molecule has 0 bridgehead atoms. The van der Waals surface area contributed by atoms with E-state index in [2.05, 4.69) is 15.7 Å². The van der Waals surface area contributed by atoms with Crippen molar-refractivity contribution in [3.8, 4) is 17.2 Å². The maximum atomic E-state index is 12.7. The van der Waals surface area contributed by atoms with Gasteiger partial charge in [0.05, 0.1) is 11.4 Å². The fraction of sp³-hybridized carbons (Fsp3) is 0.227. The van der Waals surface area contributed by atoms with Crippen molar-refractivity contribution in [1.29, 1.82) is 0 Å². The van der Waals surface area contributed by atoms with Crippen molar-refractivity contribution in [3.63, 3.8) is 0 Å². The molecule has 0 atom stereocenters. The molecule has 2 N–H and O–H groups in total. The lowest BCUT2D eigenvalue weighted by Gasteiger charge is -2.12. The van der Waals surface area contributed by atoms with Gasteiger partial charge in [-0.25, -0.2) is 4.68 Å². The molecule has 8 nitrogen and oxygen atoms in total. The summed E-state index contributed by atoms with van der Waals surface area (Å²) in [6.45, 7) is 2.39. The summed E-state index contributed by atoms with van der Waals surface area (Å²) in [6, 6.07) is 13.3. The van der Waals surface area contributed by atoms with Crippen LogP contribution in [0.15, 0.2) is 42.5 Å². The number of hydrogen-bond acceptors (Lipinski definition) is 6. The fourth-order valence-electron chi connectivity index (χ4n) is 3.57. The monoisotopic (exact) mass is 436 g/mol. The summed E-state index contributed by atoms with van der Waals surface area (Å²) in [4.78, 5) is 25.1. The van der Waals surface area contributed by atoms with E-state index in [9.17, 15) is 9.59 Å². The number of nitrogens with zero attached hydrogens (tertiary/aromatic N) is 2. The zero-order chi connectivity index (χ0) is 21.4. The summed E-state index contributed by atoms with van der Waals surface area (Å²) in [5.41, 5.74) is 4.63. The van der Waals surface area contributed by atoms with Crippen LogP contribution in [0.3, 0.4) is 0 Å². The van der Waals surface area contributed by atoms with E-state index >= 15 is 0 Å². The quantitative estimate of drug-likeness (QED) is 0.611. The van der Waals surface area contributed by atoms with Crippen LogP contribution in [0.5, 0.6) is 11.5 Å². The standard InChI is InChI=1S/C22H20N4O4S/c1-13-3-2-4-15(7-13)26-20(16-10-31-11-17(16)25-26)24-22(28)21(27)23-9-14-5-6-18-19(8-14)30-12-29-18/h2-8H,9-12H2,1H3,(H,23,27)(H,24,28). The Hall–Kier alpha value is -3.46. The number of ether oxygens (including phenoxy) is 2. The number of rotatable bonds is 4. The SMILES string of the molecule is Cc1cccc(-n2nc3c(c2NC(=O)C(=O)NCc2ccc4c(c2)OCO4)CSC3)c1. The lowest BCUT2D eigenvalue weighted by molar-refractivity contribution is -0.136. The molecular formula is C22H20N4O4S. The van der Waals surface area contributed by atoms with Crippen LogP contribution >= 0.6 is 11.8 Å². The smallest absolute Gasteiger partial charge is 0.314 e. The van der Waals surface area contributed by atoms with Gasteiger partial charge in [-0.15, -0.1) is 0 Å². The minimum absolute atomic E-state index is 0.185. The minimum Gasteiger partial charge on any atom is -0.454 e. The molecule has 0 saturated heterocycles. The predicted octanol–water partition coefficient (Wildman–Crippen LogP) is 2.91. The molecule has 3 aromatic rings. The van der Waals surface area contributed by atoms with E-state index < -0.39 is 11.8 Å². The van der Waals surface area contributed by atoms with Gasteiger partial charge in [0, 0.05) is 23.6 Å². The molecule has 5 rings (SSSR count). The number of amides is 2. The number of aromatic nitrogens is 2. The summed E-state index contributed by atoms with van der Waals surface area (Å²) in [5, 5.41) is 10.1. The van der Waals surface area contributed by atoms with Crippen molar-refractivity contribution in [1.82, 2.24) is 15.1 Å². The topological polar surface area (TPSA) is 94.5 Å². The van der Waals surface area contributed by atoms with Crippen LogP contribution in [-0.2, 0) is 27.6 Å². The summed E-state index contributed by atoms with van der Waals surface area (Å²) < 4.78 is 12.3. The number of aryl methyl sites for hydroxylation is 1. The van der Waals surface area contributed by atoms with Gasteiger partial charge in [-0.2, -0.15) is 16.9 Å². The molecule has 3 heterocycles. The number of benzene rings is 2. The highest BCUT2D eigenvalue weighted by Crippen LogP contribution is 2.36. The number of fused-ring (bicyclic) bond motifs is 2. The third-order valence-electron chi connectivity index (χ3n) is 5.13. The van der Waals surface area contributed by atoms with Crippen molar-refractivity contribution in [2.24, 2.45) is 0 Å². The average molecular weight is 436 g/mol. The van der Waals surface area contributed by atoms with Gasteiger partial charge in [0.25, 0.3) is 0 Å². The first kappa shape index (κ1) is 19.5. The number of hydrogen-bond donors (Lipinski definition) is 2. The molecule has 9 heteroatoms. The van der Waals surface area contributed by atoms with Crippen molar-refractivity contribution in [3.05, 3.63) is 64.8 Å². The maximum Gasteiger partial charge on any atom is 0.314 e. The Morgan fingerprint density at radius 2 is 1.97 bits per heavy atom. The first-order valence-corrected chi connectivity index (χ1v) is 11.0. The van der Waals surface area contributed by atoms with Gasteiger partial charge in [0.2, 0.25) is 6.79 Å². The first-order chi connectivity index (χ1) is 15.1. The van der Waals surface area contributed by atoms with Crippen LogP contribution < -0.4 is 20.1 Å². The molecule has 0 radical (unpaired) electrons. The summed E-state index contributed by atoms with van der Waals surface area (Å²) in [5.74, 6) is 1.94. The van der Waals surface area contributed by atoms with E-state index in [4.69, 9.17) is 9.47 Å². The zero-order valence-electron chi connectivity index (χ0n) is 16.8. The van der Waals surface area contributed by atoms with Crippen molar-refractivity contribution in [2.45, 2.75) is 25.0 Å². The molecule has 0 saturated carbocycles. The predicted molar refractivity (Wildman–Crippen MR) is 116 cm³/mol. The molecule has 2 amide bonds. The lowest BCUT2D eigenvalue weighted by Crippen LogP contribution is -2.35. The molecule has 2 aliphatic rings. The van der Waals surface area contributed by atoms with Crippen LogP contribution in [0.1, 0.15) is 22.4 Å². The maximum absolute atomic E-state index is 12.7. The third kappa shape index (κ3) is 3.84. The summed E-state index contributed by atoms with van der Waals surface area (Å²) in [7, 11) is 0. The summed E-state index contributed by atoms with van der Waals surface area (Å²) >= 11 is 1.73. The van der Waals surface area contributed by atoms with Gasteiger partial charge >= 0.3 is 11.8 Å². The number of thioether (sulfide) groups is 1. The van der Waals surface area contributed by atoms with Gasteiger partial charge in [0.15, 0.2) is 11.5 Å². The molecule has 0 spiro atoms. The van der Waals surface area contributed by atoms with E-state index in [1.165, 1.54) is 0 Å². The molecule has 0 aliphatic carbocycles. The molecule has 0 unspecified atom stereocenters. The number of anilines is 1. The highest BCUT2D eigenvalue weighted by atomic mass is 32.2. The second kappa shape index (κ2) is 7.99. The van der Waals surface area contributed by atoms with Gasteiger partial charge in [-0.05, 0) is 42.3 Å². The Morgan fingerprint density at radius 3 is 2.84 bits per heavy atom. The van der Waals surface area contributed by atoms with Gasteiger partial charge < -0.3 is 20.1 Å². The Bertz CT molecular complexity index is 1190. The minimum atomic E-state index is -0.728. The first-order valence-electron chi connectivity index (χ1n) is 9.82. The van der Waals surface area contributed by atoms with E-state index in [1.54, 1.807) is 28.6 Å². The van der Waals surface area contributed by atoms with Crippen molar-refractivity contribution < 1.29 is 19.1 Å². The average Bonchev–Trinajstić information content (AvgIpc) is 3.48. The Kier molecular flexibility index (Phi) is 5.03. The normalized spacial score (nSPS) is 13.7.